The number of amides is 1. The Labute approximate surface area is 73.7 Å². The van der Waals surface area contributed by atoms with Crippen LogP contribution in [0.5, 0.6) is 0 Å². The average molecular weight is 171 g/mol. The monoisotopic (exact) mass is 171 g/mol. The lowest BCUT2D eigenvalue weighted by Gasteiger charge is -2.32. The minimum Gasteiger partial charge on any atom is -0.361 e. The number of hydrogen-bond donors (Lipinski definition) is 0. The van der Waals surface area contributed by atoms with E-state index in [1.54, 1.807) is 4.90 Å². The maximum atomic E-state index is 11.7. The van der Waals surface area contributed by atoms with Crippen LogP contribution < -0.4 is 0 Å². The first-order valence-electron chi connectivity index (χ1n) is 4.39. The lowest BCUT2D eigenvalue weighted by atomic mass is 9.95. The Morgan fingerprint density at radius 2 is 2.08 bits per heavy atom. The van der Waals surface area contributed by atoms with Crippen LogP contribution >= 0.6 is 0 Å². The normalized spacial score (nSPS) is 19.4. The first kappa shape index (κ1) is 9.52. The van der Waals surface area contributed by atoms with Crippen LogP contribution in [0.1, 0.15) is 27.2 Å². The van der Waals surface area contributed by atoms with E-state index < -0.39 is 0 Å². The van der Waals surface area contributed by atoms with Gasteiger partial charge < -0.3 is 9.64 Å². The van der Waals surface area contributed by atoms with Crippen molar-refractivity contribution in [1.29, 1.82) is 0 Å². The van der Waals surface area contributed by atoms with Gasteiger partial charge in [-0.05, 0) is 6.42 Å². The molecule has 0 unspecified atom stereocenters. The van der Waals surface area contributed by atoms with Crippen LogP contribution in [0.15, 0.2) is 0 Å². The summed E-state index contributed by atoms with van der Waals surface area (Å²) in [5, 5.41) is 0. The predicted molar refractivity (Wildman–Crippen MR) is 46.6 cm³/mol. The van der Waals surface area contributed by atoms with E-state index in [-0.39, 0.29) is 11.3 Å². The predicted octanol–water partition coefficient (Wildman–Crippen LogP) is 1.24. The van der Waals surface area contributed by atoms with Crippen molar-refractivity contribution in [3.05, 3.63) is 0 Å². The topological polar surface area (TPSA) is 29.5 Å². The Morgan fingerprint density at radius 1 is 1.42 bits per heavy atom. The van der Waals surface area contributed by atoms with Gasteiger partial charge in [-0.25, -0.2) is 0 Å². The van der Waals surface area contributed by atoms with Gasteiger partial charge in [0.15, 0.2) is 0 Å². The van der Waals surface area contributed by atoms with Crippen LogP contribution in [0.4, 0.5) is 0 Å². The molecule has 1 saturated heterocycles. The number of carbonyl (C=O) groups excluding carboxylic acids is 1. The van der Waals surface area contributed by atoms with E-state index in [4.69, 9.17) is 4.74 Å². The fourth-order valence-electron chi connectivity index (χ4n) is 1.23. The quantitative estimate of drug-likeness (QED) is 0.548. The zero-order valence-corrected chi connectivity index (χ0v) is 8.09. The molecule has 0 aliphatic carbocycles. The van der Waals surface area contributed by atoms with E-state index in [1.807, 2.05) is 20.8 Å². The Bertz CT molecular complexity index is 166. The summed E-state index contributed by atoms with van der Waals surface area (Å²) in [5.74, 6) is 0.183. The molecule has 3 nitrogen and oxygen atoms in total. The molecule has 0 N–H and O–H groups in total. The zero-order valence-electron chi connectivity index (χ0n) is 8.09. The minimum atomic E-state index is -0.277. The minimum absolute atomic E-state index is 0.183. The number of hydrogen-bond acceptors (Lipinski definition) is 2. The molecule has 0 spiro atoms. The Hall–Kier alpha value is -0.570. The molecule has 0 aromatic rings. The van der Waals surface area contributed by atoms with Crippen molar-refractivity contribution in [2.45, 2.75) is 27.2 Å². The highest BCUT2D eigenvalue weighted by Crippen LogP contribution is 2.18. The van der Waals surface area contributed by atoms with Gasteiger partial charge in [-0.15, -0.1) is 0 Å². The molecule has 0 aromatic heterocycles. The molecule has 1 heterocycles. The molecule has 3 heteroatoms. The molecule has 0 saturated carbocycles. The maximum absolute atomic E-state index is 11.7. The summed E-state index contributed by atoms with van der Waals surface area (Å²) >= 11 is 0. The van der Waals surface area contributed by atoms with Crippen molar-refractivity contribution >= 4 is 5.91 Å². The number of nitrogens with zero attached hydrogens (tertiary/aromatic N) is 1. The summed E-state index contributed by atoms with van der Waals surface area (Å²) in [5.41, 5.74) is -0.277. The third kappa shape index (κ3) is 2.21. The SMILES string of the molecule is CC(C)(C)C(=O)N1CCCOC1. The Morgan fingerprint density at radius 3 is 2.50 bits per heavy atom. The van der Waals surface area contributed by atoms with E-state index in [0.29, 0.717) is 6.73 Å². The molecule has 1 aliphatic heterocycles. The van der Waals surface area contributed by atoms with Gasteiger partial charge in [0.1, 0.15) is 6.73 Å². The van der Waals surface area contributed by atoms with E-state index in [2.05, 4.69) is 0 Å². The Balaban J connectivity index is 2.51. The van der Waals surface area contributed by atoms with E-state index in [0.717, 1.165) is 19.6 Å². The number of rotatable bonds is 0. The highest BCUT2D eigenvalue weighted by Gasteiger charge is 2.28. The first-order valence-corrected chi connectivity index (χ1v) is 4.39. The van der Waals surface area contributed by atoms with Crippen molar-refractivity contribution in [2.75, 3.05) is 19.9 Å². The average Bonchev–Trinajstić information content (AvgIpc) is 2.03. The molecule has 12 heavy (non-hydrogen) atoms. The highest BCUT2D eigenvalue weighted by atomic mass is 16.5. The molecule has 1 rings (SSSR count). The second-order valence-electron chi connectivity index (χ2n) is 4.21. The number of carbonyl (C=O) groups is 1. The Kier molecular flexibility index (Phi) is 2.73. The van der Waals surface area contributed by atoms with Crippen LogP contribution in [0.25, 0.3) is 0 Å². The van der Waals surface area contributed by atoms with Crippen LogP contribution in [0.2, 0.25) is 0 Å². The van der Waals surface area contributed by atoms with E-state index in [1.165, 1.54) is 0 Å². The van der Waals surface area contributed by atoms with Gasteiger partial charge in [0.05, 0.1) is 6.61 Å². The van der Waals surface area contributed by atoms with Crippen molar-refractivity contribution < 1.29 is 9.53 Å². The molecule has 1 fully saturated rings. The van der Waals surface area contributed by atoms with Crippen molar-refractivity contribution in [3.63, 3.8) is 0 Å². The summed E-state index contributed by atoms with van der Waals surface area (Å²) in [6.45, 7) is 7.90. The molecule has 1 aliphatic rings. The summed E-state index contributed by atoms with van der Waals surface area (Å²) in [6, 6.07) is 0. The molecular weight excluding hydrogens is 154 g/mol. The molecule has 1 amide bonds. The van der Waals surface area contributed by atoms with Crippen molar-refractivity contribution in [1.82, 2.24) is 4.90 Å². The van der Waals surface area contributed by atoms with Crippen LogP contribution in [0.3, 0.4) is 0 Å². The molecule has 70 valence electrons. The molecule has 0 atom stereocenters. The molecule has 0 bridgehead atoms. The van der Waals surface area contributed by atoms with Crippen LogP contribution in [-0.2, 0) is 9.53 Å². The highest BCUT2D eigenvalue weighted by molar-refractivity contribution is 5.81. The third-order valence-corrected chi connectivity index (χ3v) is 1.89. The fourth-order valence-corrected chi connectivity index (χ4v) is 1.23. The third-order valence-electron chi connectivity index (χ3n) is 1.89. The smallest absolute Gasteiger partial charge is 0.229 e. The molecular formula is C9H17NO2. The molecule has 0 radical (unpaired) electrons. The van der Waals surface area contributed by atoms with Crippen LogP contribution in [0, 0.1) is 5.41 Å². The van der Waals surface area contributed by atoms with Gasteiger partial charge in [-0.2, -0.15) is 0 Å². The lowest BCUT2D eigenvalue weighted by Crippen LogP contribution is -2.44. The summed E-state index contributed by atoms with van der Waals surface area (Å²) < 4.78 is 5.20. The fraction of sp³-hybridized carbons (Fsp3) is 0.889. The van der Waals surface area contributed by atoms with Crippen molar-refractivity contribution in [3.8, 4) is 0 Å². The second kappa shape index (κ2) is 3.44. The van der Waals surface area contributed by atoms with E-state index >= 15 is 0 Å². The van der Waals surface area contributed by atoms with E-state index in [9.17, 15) is 4.79 Å². The lowest BCUT2D eigenvalue weighted by molar-refractivity contribution is -0.149. The zero-order chi connectivity index (χ0) is 9.19. The van der Waals surface area contributed by atoms with Gasteiger partial charge in [-0.1, -0.05) is 20.8 Å². The number of ether oxygens (including phenoxy) is 1. The first-order chi connectivity index (χ1) is 5.52. The standard InChI is InChI=1S/C9H17NO2/c1-9(2,3)8(11)10-5-4-6-12-7-10/h4-7H2,1-3H3. The van der Waals surface area contributed by atoms with Gasteiger partial charge in [-0.3, -0.25) is 4.79 Å². The second-order valence-corrected chi connectivity index (χ2v) is 4.21. The largest absolute Gasteiger partial charge is 0.361 e. The summed E-state index contributed by atoms with van der Waals surface area (Å²) in [6.07, 6.45) is 0.960. The van der Waals surface area contributed by atoms with Crippen molar-refractivity contribution in [2.24, 2.45) is 5.41 Å². The van der Waals surface area contributed by atoms with Gasteiger partial charge in [0.25, 0.3) is 0 Å². The van der Waals surface area contributed by atoms with Gasteiger partial charge >= 0.3 is 0 Å². The summed E-state index contributed by atoms with van der Waals surface area (Å²) in [7, 11) is 0. The summed E-state index contributed by atoms with van der Waals surface area (Å²) in [4.78, 5) is 13.4. The maximum Gasteiger partial charge on any atom is 0.229 e. The van der Waals surface area contributed by atoms with Gasteiger partial charge in [0.2, 0.25) is 5.91 Å². The van der Waals surface area contributed by atoms with Crippen LogP contribution in [-0.4, -0.2) is 30.7 Å². The van der Waals surface area contributed by atoms with Gasteiger partial charge in [0, 0.05) is 12.0 Å². The molecule has 0 aromatic carbocycles.